The molecular weight excluding hydrogens is 199 g/mol. The summed E-state index contributed by atoms with van der Waals surface area (Å²) in [7, 11) is 0. The van der Waals surface area contributed by atoms with Gasteiger partial charge in [-0.05, 0) is 11.6 Å². The lowest BCUT2D eigenvalue weighted by atomic mass is 10.5. The van der Waals surface area contributed by atoms with Crippen molar-refractivity contribution in [3.05, 3.63) is 17.3 Å². The Bertz CT molecular complexity index is 285. The van der Waals surface area contributed by atoms with Crippen LogP contribution in [0.15, 0.2) is 6.20 Å². The van der Waals surface area contributed by atoms with Gasteiger partial charge in [-0.25, -0.2) is 4.98 Å². The SMILES string of the molecule is OCCCOc1nc(Cl)ncc1F. The normalized spacial score (nSPS) is 10.1. The Balaban J connectivity index is 2.59. The van der Waals surface area contributed by atoms with Gasteiger partial charge in [0.25, 0.3) is 5.88 Å². The fourth-order valence-electron chi connectivity index (χ4n) is 0.666. The number of halogens is 2. The number of nitrogens with zero attached hydrogens (tertiary/aromatic N) is 2. The van der Waals surface area contributed by atoms with E-state index in [9.17, 15) is 4.39 Å². The lowest BCUT2D eigenvalue weighted by Crippen LogP contribution is -2.03. The smallest absolute Gasteiger partial charge is 0.254 e. The van der Waals surface area contributed by atoms with Gasteiger partial charge in [-0.1, -0.05) is 0 Å². The van der Waals surface area contributed by atoms with E-state index in [0.29, 0.717) is 6.42 Å². The van der Waals surface area contributed by atoms with E-state index >= 15 is 0 Å². The molecule has 1 N–H and O–H groups in total. The number of hydrogen-bond donors (Lipinski definition) is 1. The minimum atomic E-state index is -0.665. The monoisotopic (exact) mass is 206 g/mol. The zero-order chi connectivity index (χ0) is 9.68. The number of rotatable bonds is 4. The minimum absolute atomic E-state index is 0.0135. The molecule has 0 aliphatic heterocycles. The van der Waals surface area contributed by atoms with Crippen molar-refractivity contribution in [3.8, 4) is 5.88 Å². The Labute approximate surface area is 79.3 Å². The highest BCUT2D eigenvalue weighted by Gasteiger charge is 2.06. The Morgan fingerprint density at radius 2 is 2.38 bits per heavy atom. The third-order valence-electron chi connectivity index (χ3n) is 1.22. The van der Waals surface area contributed by atoms with Crippen LogP contribution < -0.4 is 4.74 Å². The molecule has 0 unspecified atom stereocenters. The predicted octanol–water partition coefficient (Wildman–Crippen LogP) is 1.03. The Kier molecular flexibility index (Phi) is 3.85. The van der Waals surface area contributed by atoms with Gasteiger partial charge in [-0.15, -0.1) is 0 Å². The van der Waals surface area contributed by atoms with Crippen molar-refractivity contribution in [2.45, 2.75) is 6.42 Å². The fraction of sp³-hybridized carbons (Fsp3) is 0.429. The van der Waals surface area contributed by atoms with Gasteiger partial charge in [0.05, 0.1) is 12.8 Å². The molecule has 0 amide bonds. The Morgan fingerprint density at radius 1 is 1.62 bits per heavy atom. The molecule has 1 rings (SSSR count). The van der Waals surface area contributed by atoms with Crippen LogP contribution in [0.3, 0.4) is 0 Å². The zero-order valence-electron chi connectivity index (χ0n) is 6.70. The second-order valence-electron chi connectivity index (χ2n) is 2.22. The third kappa shape index (κ3) is 3.12. The number of aliphatic hydroxyl groups excluding tert-OH is 1. The molecule has 1 heterocycles. The number of hydrogen-bond acceptors (Lipinski definition) is 4. The molecule has 1 aromatic rings. The average Bonchev–Trinajstić information content (AvgIpc) is 2.11. The molecule has 0 bridgehead atoms. The van der Waals surface area contributed by atoms with Crippen LogP contribution in [0, 0.1) is 5.82 Å². The van der Waals surface area contributed by atoms with E-state index in [4.69, 9.17) is 21.4 Å². The third-order valence-corrected chi connectivity index (χ3v) is 1.41. The first-order chi connectivity index (χ1) is 6.24. The average molecular weight is 207 g/mol. The lowest BCUT2D eigenvalue weighted by Gasteiger charge is -2.03. The molecule has 0 fully saturated rings. The summed E-state index contributed by atoms with van der Waals surface area (Å²) in [6.45, 7) is 0.182. The van der Waals surface area contributed by atoms with E-state index in [0.717, 1.165) is 6.20 Å². The maximum Gasteiger partial charge on any atom is 0.254 e. The molecule has 72 valence electrons. The molecule has 0 atom stereocenters. The van der Waals surface area contributed by atoms with Crippen LogP contribution in [-0.2, 0) is 0 Å². The van der Waals surface area contributed by atoms with Gasteiger partial charge in [0.2, 0.25) is 11.1 Å². The summed E-state index contributed by atoms with van der Waals surface area (Å²) in [5.74, 6) is -0.851. The first kappa shape index (κ1) is 10.1. The van der Waals surface area contributed by atoms with E-state index in [1.807, 2.05) is 0 Å². The Hall–Kier alpha value is -0.940. The molecule has 13 heavy (non-hydrogen) atoms. The van der Waals surface area contributed by atoms with E-state index in [1.165, 1.54) is 0 Å². The van der Waals surface area contributed by atoms with E-state index in [2.05, 4.69) is 9.97 Å². The van der Waals surface area contributed by atoms with Crippen LogP contribution in [0.4, 0.5) is 4.39 Å². The maximum absolute atomic E-state index is 12.8. The van der Waals surface area contributed by atoms with Crippen LogP contribution in [-0.4, -0.2) is 28.3 Å². The van der Waals surface area contributed by atoms with Crippen molar-refractivity contribution >= 4 is 11.6 Å². The van der Waals surface area contributed by atoms with Crippen molar-refractivity contribution in [1.82, 2.24) is 9.97 Å². The van der Waals surface area contributed by atoms with E-state index in [1.54, 1.807) is 0 Å². The highest BCUT2D eigenvalue weighted by Crippen LogP contribution is 2.14. The fourth-order valence-corrected chi connectivity index (χ4v) is 0.791. The quantitative estimate of drug-likeness (QED) is 0.591. The second kappa shape index (κ2) is 4.94. The first-order valence-corrected chi connectivity index (χ1v) is 4.03. The molecule has 0 aromatic carbocycles. The summed E-state index contributed by atoms with van der Waals surface area (Å²) in [4.78, 5) is 6.94. The van der Waals surface area contributed by atoms with Crippen molar-refractivity contribution < 1.29 is 14.2 Å². The molecule has 6 heteroatoms. The molecular formula is C7H8ClFN2O2. The van der Waals surface area contributed by atoms with Crippen molar-refractivity contribution in [3.63, 3.8) is 0 Å². The van der Waals surface area contributed by atoms with E-state index < -0.39 is 5.82 Å². The van der Waals surface area contributed by atoms with Crippen molar-refractivity contribution in [2.75, 3.05) is 13.2 Å². The summed E-state index contributed by atoms with van der Waals surface area (Å²) in [5.41, 5.74) is 0. The first-order valence-electron chi connectivity index (χ1n) is 3.65. The van der Waals surface area contributed by atoms with Gasteiger partial charge in [-0.2, -0.15) is 9.37 Å². The minimum Gasteiger partial charge on any atom is -0.475 e. The molecule has 1 aromatic heterocycles. The summed E-state index contributed by atoms with van der Waals surface area (Å²) < 4.78 is 17.7. The van der Waals surface area contributed by atoms with Gasteiger partial charge in [0, 0.05) is 13.0 Å². The van der Waals surface area contributed by atoms with Gasteiger partial charge >= 0.3 is 0 Å². The highest BCUT2D eigenvalue weighted by molar-refractivity contribution is 6.28. The highest BCUT2D eigenvalue weighted by atomic mass is 35.5. The lowest BCUT2D eigenvalue weighted by molar-refractivity contribution is 0.223. The summed E-state index contributed by atoms with van der Waals surface area (Å²) >= 11 is 5.41. The van der Waals surface area contributed by atoms with Crippen LogP contribution in [0.1, 0.15) is 6.42 Å². The van der Waals surface area contributed by atoms with Gasteiger partial charge in [0.1, 0.15) is 0 Å². The summed E-state index contributed by atoms with van der Waals surface area (Å²) in [6, 6.07) is 0. The second-order valence-corrected chi connectivity index (χ2v) is 2.56. The Morgan fingerprint density at radius 3 is 3.08 bits per heavy atom. The van der Waals surface area contributed by atoms with Crippen LogP contribution in [0.25, 0.3) is 0 Å². The summed E-state index contributed by atoms with van der Waals surface area (Å²) in [5, 5.41) is 8.37. The predicted molar refractivity (Wildman–Crippen MR) is 44.2 cm³/mol. The van der Waals surface area contributed by atoms with Crippen molar-refractivity contribution in [2.24, 2.45) is 0 Å². The maximum atomic E-state index is 12.8. The topological polar surface area (TPSA) is 55.2 Å². The van der Waals surface area contributed by atoms with Crippen LogP contribution in [0.5, 0.6) is 5.88 Å². The van der Waals surface area contributed by atoms with Gasteiger partial charge in [-0.3, -0.25) is 0 Å². The van der Waals surface area contributed by atoms with Gasteiger partial charge < -0.3 is 9.84 Å². The summed E-state index contributed by atoms with van der Waals surface area (Å²) in [6.07, 6.45) is 1.35. The molecule has 0 spiro atoms. The largest absolute Gasteiger partial charge is 0.475 e. The zero-order valence-corrected chi connectivity index (χ0v) is 7.46. The van der Waals surface area contributed by atoms with Crippen LogP contribution >= 0.6 is 11.6 Å². The molecule has 0 aliphatic rings. The van der Waals surface area contributed by atoms with E-state index in [-0.39, 0.29) is 24.4 Å². The number of ether oxygens (including phenoxy) is 1. The standard InChI is InChI=1S/C7H8ClFN2O2/c8-7-10-4-5(9)6(11-7)13-3-1-2-12/h4,12H,1-3H2. The van der Waals surface area contributed by atoms with Gasteiger partial charge in [0.15, 0.2) is 0 Å². The molecule has 0 saturated carbocycles. The van der Waals surface area contributed by atoms with Crippen LogP contribution in [0.2, 0.25) is 5.28 Å². The molecule has 0 aliphatic carbocycles. The van der Waals surface area contributed by atoms with Crippen molar-refractivity contribution in [1.29, 1.82) is 0 Å². The number of aromatic nitrogens is 2. The number of aliphatic hydroxyl groups is 1. The molecule has 0 saturated heterocycles. The molecule has 4 nitrogen and oxygen atoms in total. The molecule has 0 radical (unpaired) electrons.